The standard InChI is InChI=1S/C17H17ClO2S/c1-11-9-16(20-3)12(2)8-13(11)15(19)10-21-17-7-5-4-6-14(17)18/h4-9H,10H2,1-3H3. The molecule has 0 saturated heterocycles. The molecule has 4 heteroatoms. The second kappa shape index (κ2) is 7.01. The van der Waals surface area contributed by atoms with Gasteiger partial charge in [-0.3, -0.25) is 4.79 Å². The number of halogens is 1. The average molecular weight is 321 g/mol. The summed E-state index contributed by atoms with van der Waals surface area (Å²) >= 11 is 7.56. The van der Waals surface area contributed by atoms with Crippen molar-refractivity contribution in [2.24, 2.45) is 0 Å². The van der Waals surface area contributed by atoms with Crippen LogP contribution < -0.4 is 4.74 Å². The molecule has 0 amide bonds. The molecule has 0 atom stereocenters. The van der Waals surface area contributed by atoms with Crippen molar-refractivity contribution in [1.29, 1.82) is 0 Å². The third-order valence-corrected chi connectivity index (χ3v) is 4.75. The van der Waals surface area contributed by atoms with Crippen LogP contribution in [-0.2, 0) is 0 Å². The number of hydrogen-bond acceptors (Lipinski definition) is 3. The molecule has 110 valence electrons. The number of ketones is 1. The Kier molecular flexibility index (Phi) is 5.32. The molecule has 0 fully saturated rings. The lowest BCUT2D eigenvalue weighted by Crippen LogP contribution is -2.06. The number of benzene rings is 2. The van der Waals surface area contributed by atoms with Gasteiger partial charge in [0.25, 0.3) is 0 Å². The topological polar surface area (TPSA) is 26.3 Å². The van der Waals surface area contributed by atoms with Crippen molar-refractivity contribution in [1.82, 2.24) is 0 Å². The van der Waals surface area contributed by atoms with E-state index in [1.165, 1.54) is 11.8 Å². The van der Waals surface area contributed by atoms with Gasteiger partial charge in [0.15, 0.2) is 5.78 Å². The second-order valence-electron chi connectivity index (χ2n) is 4.78. The summed E-state index contributed by atoms with van der Waals surface area (Å²) in [4.78, 5) is 13.3. The highest BCUT2D eigenvalue weighted by Gasteiger charge is 2.13. The molecule has 0 unspecified atom stereocenters. The molecule has 0 saturated carbocycles. The van der Waals surface area contributed by atoms with Crippen LogP contribution in [0.15, 0.2) is 41.3 Å². The monoisotopic (exact) mass is 320 g/mol. The van der Waals surface area contributed by atoms with Crippen molar-refractivity contribution in [3.05, 3.63) is 58.1 Å². The molecule has 0 heterocycles. The molecule has 2 aromatic carbocycles. The minimum Gasteiger partial charge on any atom is -0.496 e. The summed E-state index contributed by atoms with van der Waals surface area (Å²) in [6.07, 6.45) is 0. The van der Waals surface area contributed by atoms with E-state index in [9.17, 15) is 4.79 Å². The largest absolute Gasteiger partial charge is 0.496 e. The number of carbonyl (C=O) groups excluding carboxylic acids is 1. The zero-order valence-corrected chi connectivity index (χ0v) is 13.8. The van der Waals surface area contributed by atoms with Gasteiger partial charge in [0.2, 0.25) is 0 Å². The molecule has 2 aromatic rings. The van der Waals surface area contributed by atoms with Gasteiger partial charge in [-0.05, 0) is 49.2 Å². The average Bonchev–Trinajstić information content (AvgIpc) is 2.48. The van der Waals surface area contributed by atoms with Crippen molar-refractivity contribution < 1.29 is 9.53 Å². The Morgan fingerprint density at radius 1 is 1.19 bits per heavy atom. The number of hydrogen-bond donors (Lipinski definition) is 0. The summed E-state index contributed by atoms with van der Waals surface area (Å²) in [5.74, 6) is 1.28. The molecule has 2 nitrogen and oxygen atoms in total. The maximum atomic E-state index is 12.4. The highest BCUT2D eigenvalue weighted by Crippen LogP contribution is 2.28. The van der Waals surface area contributed by atoms with E-state index in [-0.39, 0.29) is 5.78 Å². The zero-order valence-electron chi connectivity index (χ0n) is 12.3. The summed E-state index contributed by atoms with van der Waals surface area (Å²) < 4.78 is 5.27. The Hall–Kier alpha value is -1.45. The Balaban J connectivity index is 2.14. The van der Waals surface area contributed by atoms with E-state index in [1.807, 2.05) is 50.2 Å². The first kappa shape index (κ1) is 15.9. The number of thioether (sulfide) groups is 1. The maximum Gasteiger partial charge on any atom is 0.173 e. The van der Waals surface area contributed by atoms with Gasteiger partial charge in [-0.2, -0.15) is 0 Å². The van der Waals surface area contributed by atoms with E-state index >= 15 is 0 Å². The van der Waals surface area contributed by atoms with Gasteiger partial charge in [0.05, 0.1) is 17.9 Å². The van der Waals surface area contributed by atoms with Crippen LogP contribution in [-0.4, -0.2) is 18.6 Å². The van der Waals surface area contributed by atoms with Gasteiger partial charge >= 0.3 is 0 Å². The second-order valence-corrected chi connectivity index (χ2v) is 6.20. The van der Waals surface area contributed by atoms with E-state index in [0.29, 0.717) is 10.8 Å². The number of methoxy groups -OCH3 is 1. The van der Waals surface area contributed by atoms with Gasteiger partial charge in [0.1, 0.15) is 5.75 Å². The number of aryl methyl sites for hydroxylation is 2. The predicted molar refractivity (Wildman–Crippen MR) is 89.0 cm³/mol. The maximum absolute atomic E-state index is 12.4. The molecule has 0 N–H and O–H groups in total. The Morgan fingerprint density at radius 3 is 2.57 bits per heavy atom. The predicted octanol–water partition coefficient (Wildman–Crippen LogP) is 4.94. The summed E-state index contributed by atoms with van der Waals surface area (Å²) in [7, 11) is 1.64. The quantitative estimate of drug-likeness (QED) is 0.576. The molecule has 0 bridgehead atoms. The SMILES string of the molecule is COc1cc(C)c(C(=O)CSc2ccccc2Cl)cc1C. The highest BCUT2D eigenvalue weighted by atomic mass is 35.5. The zero-order chi connectivity index (χ0) is 15.4. The first-order valence-corrected chi connectivity index (χ1v) is 7.95. The molecular formula is C17H17ClO2S. The number of carbonyl (C=O) groups is 1. The van der Waals surface area contributed by atoms with Crippen LogP contribution >= 0.6 is 23.4 Å². The third kappa shape index (κ3) is 3.80. The van der Waals surface area contributed by atoms with Crippen molar-refractivity contribution in [2.45, 2.75) is 18.7 Å². The number of rotatable bonds is 5. The smallest absolute Gasteiger partial charge is 0.173 e. The number of Topliss-reactive ketones (excluding diaryl/α,β-unsaturated/α-hetero) is 1. The normalized spacial score (nSPS) is 10.5. The number of ether oxygens (including phenoxy) is 1. The van der Waals surface area contributed by atoms with Crippen molar-refractivity contribution >= 4 is 29.1 Å². The molecule has 0 aliphatic heterocycles. The molecule has 0 spiro atoms. The summed E-state index contributed by atoms with van der Waals surface area (Å²) in [6.45, 7) is 3.87. The van der Waals surface area contributed by atoms with E-state index in [2.05, 4.69) is 0 Å². The third-order valence-electron chi connectivity index (χ3n) is 3.24. The lowest BCUT2D eigenvalue weighted by atomic mass is 10.0. The molecule has 2 rings (SSSR count). The van der Waals surface area contributed by atoms with Gasteiger partial charge in [-0.15, -0.1) is 11.8 Å². The van der Waals surface area contributed by atoms with Crippen molar-refractivity contribution in [3.8, 4) is 5.75 Å². The van der Waals surface area contributed by atoms with Gasteiger partial charge < -0.3 is 4.74 Å². The van der Waals surface area contributed by atoms with Crippen LogP contribution in [0.1, 0.15) is 21.5 Å². The lowest BCUT2D eigenvalue weighted by molar-refractivity contribution is 0.102. The van der Waals surface area contributed by atoms with Crippen molar-refractivity contribution in [2.75, 3.05) is 12.9 Å². The van der Waals surface area contributed by atoms with Gasteiger partial charge in [-0.25, -0.2) is 0 Å². The highest BCUT2D eigenvalue weighted by molar-refractivity contribution is 8.00. The lowest BCUT2D eigenvalue weighted by Gasteiger charge is -2.10. The van der Waals surface area contributed by atoms with Crippen LogP contribution in [0.4, 0.5) is 0 Å². The fourth-order valence-electron chi connectivity index (χ4n) is 2.09. The summed E-state index contributed by atoms with van der Waals surface area (Å²) in [6, 6.07) is 11.3. The van der Waals surface area contributed by atoms with Crippen LogP contribution in [0.25, 0.3) is 0 Å². The van der Waals surface area contributed by atoms with E-state index in [1.54, 1.807) is 7.11 Å². The van der Waals surface area contributed by atoms with Gasteiger partial charge in [-0.1, -0.05) is 23.7 Å². The minimum absolute atomic E-state index is 0.100. The fourth-order valence-corrected chi connectivity index (χ4v) is 3.22. The minimum atomic E-state index is 0.100. The first-order valence-electron chi connectivity index (χ1n) is 6.58. The Labute approximate surface area is 134 Å². The summed E-state index contributed by atoms with van der Waals surface area (Å²) in [5, 5.41) is 0.679. The molecule has 0 aliphatic carbocycles. The van der Waals surface area contributed by atoms with Crippen LogP contribution in [0.5, 0.6) is 5.75 Å². The van der Waals surface area contributed by atoms with Crippen LogP contribution in [0.2, 0.25) is 5.02 Å². The molecular weight excluding hydrogens is 304 g/mol. The Bertz CT molecular complexity index is 668. The van der Waals surface area contributed by atoms with E-state index < -0.39 is 0 Å². The van der Waals surface area contributed by atoms with Crippen LogP contribution in [0.3, 0.4) is 0 Å². The first-order chi connectivity index (χ1) is 10.0. The molecule has 0 aliphatic rings. The summed E-state index contributed by atoms with van der Waals surface area (Å²) in [5.41, 5.74) is 2.64. The van der Waals surface area contributed by atoms with Crippen molar-refractivity contribution in [3.63, 3.8) is 0 Å². The van der Waals surface area contributed by atoms with Crippen LogP contribution in [0, 0.1) is 13.8 Å². The van der Waals surface area contributed by atoms with E-state index in [0.717, 1.165) is 27.3 Å². The fraction of sp³-hybridized carbons (Fsp3) is 0.235. The van der Waals surface area contributed by atoms with E-state index in [4.69, 9.17) is 16.3 Å². The molecule has 0 radical (unpaired) electrons. The molecule has 21 heavy (non-hydrogen) atoms. The molecule has 0 aromatic heterocycles. The van der Waals surface area contributed by atoms with Gasteiger partial charge in [0, 0.05) is 10.5 Å². The Morgan fingerprint density at radius 2 is 1.90 bits per heavy atom.